The van der Waals surface area contributed by atoms with Crippen LogP contribution in [0.2, 0.25) is 0 Å². The highest BCUT2D eigenvalue weighted by Crippen LogP contribution is 2.28. The molecular formula is C16H17FN2O2. The van der Waals surface area contributed by atoms with Crippen molar-refractivity contribution in [2.24, 2.45) is 0 Å². The van der Waals surface area contributed by atoms with Crippen LogP contribution < -0.4 is 10.2 Å². The average molecular weight is 288 g/mol. The lowest BCUT2D eigenvalue weighted by molar-refractivity contribution is 0.0698. The highest BCUT2D eigenvalue weighted by molar-refractivity contribution is 5.96. The molecule has 0 aliphatic rings. The normalized spacial score (nSPS) is 10.3. The van der Waals surface area contributed by atoms with E-state index < -0.39 is 5.97 Å². The fraction of sp³-hybridized carbons (Fsp3) is 0.188. The standard InChI is InChI=1S/C16H17FN2O2/c1-10-8-11(17)4-7-14(10)18-15-9-12(19(2)3)5-6-13(15)16(20)21/h4-9,18H,1-3H3,(H,20,21). The van der Waals surface area contributed by atoms with E-state index in [1.807, 2.05) is 19.0 Å². The fourth-order valence-corrected chi connectivity index (χ4v) is 2.01. The number of carboxylic acids is 1. The minimum Gasteiger partial charge on any atom is -0.478 e. The van der Waals surface area contributed by atoms with Crippen LogP contribution in [-0.4, -0.2) is 25.2 Å². The van der Waals surface area contributed by atoms with Gasteiger partial charge in [-0.1, -0.05) is 0 Å². The van der Waals surface area contributed by atoms with E-state index >= 15 is 0 Å². The van der Waals surface area contributed by atoms with Gasteiger partial charge in [-0.25, -0.2) is 9.18 Å². The number of carboxylic acid groups (broad SMARTS) is 1. The molecule has 0 atom stereocenters. The highest BCUT2D eigenvalue weighted by atomic mass is 19.1. The van der Waals surface area contributed by atoms with E-state index in [4.69, 9.17) is 0 Å². The number of nitrogens with one attached hydrogen (secondary N) is 1. The van der Waals surface area contributed by atoms with Crippen molar-refractivity contribution in [3.63, 3.8) is 0 Å². The Morgan fingerprint density at radius 3 is 2.43 bits per heavy atom. The van der Waals surface area contributed by atoms with Crippen LogP contribution in [0.1, 0.15) is 15.9 Å². The van der Waals surface area contributed by atoms with Crippen molar-refractivity contribution < 1.29 is 14.3 Å². The summed E-state index contributed by atoms with van der Waals surface area (Å²) in [7, 11) is 3.76. The summed E-state index contributed by atoms with van der Waals surface area (Å²) in [5, 5.41) is 12.3. The molecule has 4 nitrogen and oxygen atoms in total. The van der Waals surface area contributed by atoms with E-state index in [2.05, 4.69) is 5.32 Å². The molecule has 5 heteroatoms. The van der Waals surface area contributed by atoms with Crippen molar-refractivity contribution in [1.29, 1.82) is 0 Å². The molecule has 2 N–H and O–H groups in total. The molecule has 0 aliphatic carbocycles. The Balaban J connectivity index is 2.45. The van der Waals surface area contributed by atoms with E-state index in [1.54, 1.807) is 31.2 Å². The summed E-state index contributed by atoms with van der Waals surface area (Å²) >= 11 is 0. The third-order valence-corrected chi connectivity index (χ3v) is 3.21. The van der Waals surface area contributed by atoms with Crippen LogP contribution in [0.25, 0.3) is 0 Å². The summed E-state index contributed by atoms with van der Waals surface area (Å²) in [5.41, 5.74) is 2.91. The van der Waals surface area contributed by atoms with Crippen molar-refractivity contribution in [1.82, 2.24) is 0 Å². The number of hydrogen-bond donors (Lipinski definition) is 2. The van der Waals surface area contributed by atoms with Gasteiger partial charge in [0, 0.05) is 25.5 Å². The maximum absolute atomic E-state index is 13.1. The van der Waals surface area contributed by atoms with Crippen LogP contribution in [0.3, 0.4) is 0 Å². The maximum atomic E-state index is 13.1. The highest BCUT2D eigenvalue weighted by Gasteiger charge is 2.12. The summed E-state index contributed by atoms with van der Waals surface area (Å²) < 4.78 is 13.1. The third kappa shape index (κ3) is 3.31. The summed E-state index contributed by atoms with van der Waals surface area (Å²) in [6.07, 6.45) is 0. The Morgan fingerprint density at radius 1 is 1.14 bits per heavy atom. The summed E-state index contributed by atoms with van der Waals surface area (Å²) in [5.74, 6) is -1.33. The molecule has 0 radical (unpaired) electrons. The Bertz CT molecular complexity index is 684. The van der Waals surface area contributed by atoms with Crippen molar-refractivity contribution in [3.8, 4) is 0 Å². The molecule has 110 valence electrons. The van der Waals surface area contributed by atoms with Gasteiger partial charge in [-0.15, -0.1) is 0 Å². The first kappa shape index (κ1) is 14.8. The number of benzene rings is 2. The first-order valence-corrected chi connectivity index (χ1v) is 6.46. The van der Waals surface area contributed by atoms with Gasteiger partial charge in [0.1, 0.15) is 5.82 Å². The molecule has 0 bridgehead atoms. The minimum atomic E-state index is -1.01. The molecule has 0 amide bonds. The van der Waals surface area contributed by atoms with Gasteiger partial charge in [0.25, 0.3) is 0 Å². The van der Waals surface area contributed by atoms with Gasteiger partial charge in [0.05, 0.1) is 11.3 Å². The zero-order valence-electron chi connectivity index (χ0n) is 12.1. The first-order valence-electron chi connectivity index (χ1n) is 6.46. The van der Waals surface area contributed by atoms with Crippen molar-refractivity contribution in [3.05, 3.63) is 53.3 Å². The fourth-order valence-electron chi connectivity index (χ4n) is 2.01. The van der Waals surface area contributed by atoms with Crippen LogP contribution in [0.5, 0.6) is 0 Å². The van der Waals surface area contributed by atoms with Crippen LogP contribution in [0, 0.1) is 12.7 Å². The lowest BCUT2D eigenvalue weighted by Crippen LogP contribution is -2.10. The molecule has 0 aliphatic heterocycles. The lowest BCUT2D eigenvalue weighted by atomic mass is 10.1. The number of aryl methyl sites for hydroxylation is 1. The van der Waals surface area contributed by atoms with E-state index in [1.165, 1.54) is 12.1 Å². The second-order valence-electron chi connectivity index (χ2n) is 5.01. The Kier molecular flexibility index (Phi) is 4.12. The van der Waals surface area contributed by atoms with E-state index in [0.29, 0.717) is 16.9 Å². The number of rotatable bonds is 4. The lowest BCUT2D eigenvalue weighted by Gasteiger charge is -2.17. The zero-order chi connectivity index (χ0) is 15.6. The molecule has 0 fully saturated rings. The molecule has 0 aromatic heterocycles. The van der Waals surface area contributed by atoms with Crippen LogP contribution in [0.4, 0.5) is 21.5 Å². The van der Waals surface area contributed by atoms with Crippen LogP contribution >= 0.6 is 0 Å². The topological polar surface area (TPSA) is 52.6 Å². The largest absolute Gasteiger partial charge is 0.478 e. The van der Waals surface area contributed by atoms with Crippen molar-refractivity contribution in [2.45, 2.75) is 6.92 Å². The SMILES string of the molecule is Cc1cc(F)ccc1Nc1cc(N(C)C)ccc1C(=O)O. The Labute approximate surface area is 122 Å². The predicted octanol–water partition coefficient (Wildman–Crippen LogP) is 3.64. The number of nitrogens with zero attached hydrogens (tertiary/aromatic N) is 1. The first-order chi connectivity index (χ1) is 9.88. The van der Waals surface area contributed by atoms with Gasteiger partial charge < -0.3 is 15.3 Å². The van der Waals surface area contributed by atoms with Gasteiger partial charge >= 0.3 is 5.97 Å². The summed E-state index contributed by atoms with van der Waals surface area (Å²) in [6.45, 7) is 1.77. The smallest absolute Gasteiger partial charge is 0.337 e. The quantitative estimate of drug-likeness (QED) is 0.902. The monoisotopic (exact) mass is 288 g/mol. The van der Waals surface area contributed by atoms with E-state index in [9.17, 15) is 14.3 Å². The van der Waals surface area contributed by atoms with E-state index in [0.717, 1.165) is 5.69 Å². The molecule has 2 aromatic rings. The Hall–Kier alpha value is -2.56. The van der Waals surface area contributed by atoms with Gasteiger partial charge in [0.2, 0.25) is 0 Å². The van der Waals surface area contributed by atoms with Crippen molar-refractivity contribution in [2.75, 3.05) is 24.3 Å². The average Bonchev–Trinajstić information content (AvgIpc) is 2.41. The zero-order valence-corrected chi connectivity index (χ0v) is 12.1. The van der Waals surface area contributed by atoms with Crippen molar-refractivity contribution >= 4 is 23.0 Å². The van der Waals surface area contributed by atoms with Gasteiger partial charge in [-0.05, 0) is 48.9 Å². The minimum absolute atomic E-state index is 0.171. The molecule has 0 saturated heterocycles. The summed E-state index contributed by atoms with van der Waals surface area (Å²) in [4.78, 5) is 13.2. The molecule has 0 unspecified atom stereocenters. The number of anilines is 3. The van der Waals surface area contributed by atoms with Crippen LogP contribution in [-0.2, 0) is 0 Å². The molecule has 0 heterocycles. The Morgan fingerprint density at radius 2 is 1.86 bits per heavy atom. The maximum Gasteiger partial charge on any atom is 0.337 e. The summed E-state index contributed by atoms with van der Waals surface area (Å²) in [6, 6.07) is 9.39. The second-order valence-corrected chi connectivity index (χ2v) is 5.01. The third-order valence-electron chi connectivity index (χ3n) is 3.21. The van der Waals surface area contributed by atoms with Crippen LogP contribution in [0.15, 0.2) is 36.4 Å². The molecule has 0 saturated carbocycles. The van der Waals surface area contributed by atoms with E-state index in [-0.39, 0.29) is 11.4 Å². The predicted molar refractivity (Wildman–Crippen MR) is 82.1 cm³/mol. The number of halogens is 1. The molecule has 21 heavy (non-hydrogen) atoms. The number of aromatic carboxylic acids is 1. The molecular weight excluding hydrogens is 271 g/mol. The number of carbonyl (C=O) groups is 1. The second kappa shape index (κ2) is 5.83. The van der Waals surface area contributed by atoms with Gasteiger partial charge in [0.15, 0.2) is 0 Å². The van der Waals surface area contributed by atoms with Gasteiger partial charge in [-0.2, -0.15) is 0 Å². The molecule has 0 spiro atoms. The number of hydrogen-bond acceptors (Lipinski definition) is 3. The molecule has 2 rings (SSSR count). The van der Waals surface area contributed by atoms with Gasteiger partial charge in [-0.3, -0.25) is 0 Å². The molecule has 2 aromatic carbocycles.